The summed E-state index contributed by atoms with van der Waals surface area (Å²) in [4.78, 5) is 0. The van der Waals surface area contributed by atoms with Gasteiger partial charge in [-0.1, -0.05) is 26.7 Å². The summed E-state index contributed by atoms with van der Waals surface area (Å²) in [5, 5.41) is 3.65. The van der Waals surface area contributed by atoms with Crippen molar-refractivity contribution in [3.63, 3.8) is 0 Å². The van der Waals surface area contributed by atoms with Crippen LogP contribution in [0.25, 0.3) is 0 Å². The lowest BCUT2D eigenvalue weighted by molar-refractivity contribution is 0.253. The zero-order chi connectivity index (χ0) is 13.8. The van der Waals surface area contributed by atoms with E-state index in [1.165, 1.54) is 19.3 Å². The molecule has 0 aromatic heterocycles. The molecule has 0 bridgehead atoms. The first-order valence-corrected chi connectivity index (χ1v) is 7.14. The van der Waals surface area contributed by atoms with Crippen LogP contribution in [0.1, 0.15) is 33.1 Å². The molecule has 0 amide bonds. The van der Waals surface area contributed by atoms with Crippen molar-refractivity contribution >= 4 is 5.69 Å². The molecular weight excluding hydrogens is 238 g/mol. The van der Waals surface area contributed by atoms with Crippen molar-refractivity contribution in [2.75, 3.05) is 19.5 Å². The van der Waals surface area contributed by atoms with Crippen LogP contribution in [0.15, 0.2) is 18.2 Å². The molecule has 1 fully saturated rings. The van der Waals surface area contributed by atoms with Crippen molar-refractivity contribution in [3.05, 3.63) is 18.2 Å². The smallest absolute Gasteiger partial charge is 0.162 e. The highest BCUT2D eigenvalue weighted by Gasteiger charge is 2.26. The Bertz CT molecular complexity index is 419. The summed E-state index contributed by atoms with van der Waals surface area (Å²) >= 11 is 0. The number of benzene rings is 1. The average molecular weight is 263 g/mol. The lowest BCUT2D eigenvalue weighted by atomic mass is 9.78. The summed E-state index contributed by atoms with van der Waals surface area (Å²) in [5.74, 6) is 3.07. The highest BCUT2D eigenvalue weighted by molar-refractivity contribution is 5.55. The standard InChI is InChI=1S/C16H25NO2/c1-11-6-5-7-14(12(11)2)17-13-8-9-15(18-3)16(10-13)19-4/h8-12,14,17H,5-7H2,1-4H3. The molecule has 3 atom stereocenters. The largest absolute Gasteiger partial charge is 0.493 e. The molecule has 1 N–H and O–H groups in total. The fourth-order valence-corrected chi connectivity index (χ4v) is 2.93. The summed E-state index contributed by atoms with van der Waals surface area (Å²) in [7, 11) is 3.34. The van der Waals surface area contributed by atoms with Crippen LogP contribution in [0.3, 0.4) is 0 Å². The van der Waals surface area contributed by atoms with Gasteiger partial charge in [0.25, 0.3) is 0 Å². The summed E-state index contributed by atoms with van der Waals surface area (Å²) in [6.07, 6.45) is 3.92. The number of ether oxygens (including phenoxy) is 2. The van der Waals surface area contributed by atoms with Gasteiger partial charge in [-0.3, -0.25) is 0 Å². The first-order valence-electron chi connectivity index (χ1n) is 7.14. The summed E-state index contributed by atoms with van der Waals surface area (Å²) in [6.45, 7) is 4.70. The molecule has 3 heteroatoms. The molecule has 0 radical (unpaired) electrons. The lowest BCUT2D eigenvalue weighted by Crippen LogP contribution is -2.34. The zero-order valence-electron chi connectivity index (χ0n) is 12.4. The summed E-state index contributed by atoms with van der Waals surface area (Å²) in [6, 6.07) is 6.60. The van der Waals surface area contributed by atoms with Gasteiger partial charge in [0.2, 0.25) is 0 Å². The predicted octanol–water partition coefficient (Wildman–Crippen LogP) is 3.94. The molecule has 3 unspecified atom stereocenters. The monoisotopic (exact) mass is 263 g/mol. The Balaban J connectivity index is 2.10. The van der Waals surface area contributed by atoms with Crippen LogP contribution in [0.5, 0.6) is 11.5 Å². The van der Waals surface area contributed by atoms with E-state index in [0.29, 0.717) is 12.0 Å². The summed E-state index contributed by atoms with van der Waals surface area (Å²) < 4.78 is 10.6. The number of nitrogens with one attached hydrogen (secondary N) is 1. The Kier molecular flexibility index (Phi) is 4.56. The molecule has 1 aliphatic rings. The molecule has 0 saturated heterocycles. The number of methoxy groups -OCH3 is 2. The van der Waals surface area contributed by atoms with Crippen molar-refractivity contribution in [2.24, 2.45) is 11.8 Å². The molecule has 106 valence electrons. The van der Waals surface area contributed by atoms with E-state index < -0.39 is 0 Å². The van der Waals surface area contributed by atoms with Crippen LogP contribution in [-0.2, 0) is 0 Å². The number of anilines is 1. The molecule has 0 aliphatic heterocycles. The van der Waals surface area contributed by atoms with Crippen molar-refractivity contribution in [1.82, 2.24) is 0 Å². The van der Waals surface area contributed by atoms with E-state index in [4.69, 9.17) is 9.47 Å². The third-order valence-electron chi connectivity index (χ3n) is 4.44. The molecule has 1 aliphatic carbocycles. The van der Waals surface area contributed by atoms with Crippen molar-refractivity contribution in [2.45, 2.75) is 39.2 Å². The Hall–Kier alpha value is -1.38. The van der Waals surface area contributed by atoms with Crippen molar-refractivity contribution < 1.29 is 9.47 Å². The minimum Gasteiger partial charge on any atom is -0.493 e. The molecule has 0 heterocycles. The average Bonchev–Trinajstić information content (AvgIpc) is 2.43. The molecule has 3 nitrogen and oxygen atoms in total. The van der Waals surface area contributed by atoms with E-state index in [-0.39, 0.29) is 0 Å². The Labute approximate surface area is 116 Å². The second kappa shape index (κ2) is 6.18. The molecular formula is C16H25NO2. The van der Waals surface area contributed by atoms with Gasteiger partial charge in [0, 0.05) is 17.8 Å². The topological polar surface area (TPSA) is 30.5 Å². The van der Waals surface area contributed by atoms with Crippen molar-refractivity contribution in [3.8, 4) is 11.5 Å². The molecule has 19 heavy (non-hydrogen) atoms. The second-order valence-corrected chi connectivity index (χ2v) is 5.59. The lowest BCUT2D eigenvalue weighted by Gasteiger charge is -2.35. The van der Waals surface area contributed by atoms with Crippen LogP contribution < -0.4 is 14.8 Å². The normalized spacial score (nSPS) is 26.8. The van der Waals surface area contributed by atoms with Crippen LogP contribution in [0.2, 0.25) is 0 Å². The SMILES string of the molecule is COc1ccc(NC2CCCC(C)C2C)cc1OC. The van der Waals surface area contributed by atoms with E-state index in [0.717, 1.165) is 23.1 Å². The number of hydrogen-bond donors (Lipinski definition) is 1. The van der Waals surface area contributed by atoms with Crippen LogP contribution in [0.4, 0.5) is 5.69 Å². The second-order valence-electron chi connectivity index (χ2n) is 5.59. The van der Waals surface area contributed by atoms with Crippen LogP contribution in [0, 0.1) is 11.8 Å². The van der Waals surface area contributed by atoms with E-state index in [9.17, 15) is 0 Å². The van der Waals surface area contributed by atoms with Crippen molar-refractivity contribution in [1.29, 1.82) is 0 Å². The highest BCUT2D eigenvalue weighted by atomic mass is 16.5. The molecule has 0 spiro atoms. The zero-order valence-corrected chi connectivity index (χ0v) is 12.4. The van der Waals surface area contributed by atoms with Gasteiger partial charge in [-0.15, -0.1) is 0 Å². The maximum Gasteiger partial charge on any atom is 0.162 e. The quantitative estimate of drug-likeness (QED) is 0.892. The van der Waals surface area contributed by atoms with Crippen LogP contribution in [-0.4, -0.2) is 20.3 Å². The maximum atomic E-state index is 5.35. The highest BCUT2D eigenvalue weighted by Crippen LogP contribution is 2.34. The van der Waals surface area contributed by atoms with Gasteiger partial charge >= 0.3 is 0 Å². The number of hydrogen-bond acceptors (Lipinski definition) is 3. The fourth-order valence-electron chi connectivity index (χ4n) is 2.93. The first-order chi connectivity index (χ1) is 9.15. The van der Waals surface area contributed by atoms with E-state index in [1.54, 1.807) is 14.2 Å². The van der Waals surface area contributed by atoms with E-state index >= 15 is 0 Å². The van der Waals surface area contributed by atoms with E-state index in [2.05, 4.69) is 25.2 Å². The molecule has 2 rings (SSSR count). The minimum absolute atomic E-state index is 0.557. The molecule has 1 aromatic carbocycles. The Morgan fingerprint density at radius 1 is 1.05 bits per heavy atom. The third kappa shape index (κ3) is 3.14. The third-order valence-corrected chi connectivity index (χ3v) is 4.44. The Morgan fingerprint density at radius 3 is 2.47 bits per heavy atom. The van der Waals surface area contributed by atoms with Crippen LogP contribution >= 0.6 is 0 Å². The van der Waals surface area contributed by atoms with Gasteiger partial charge in [-0.05, 0) is 30.4 Å². The van der Waals surface area contributed by atoms with Gasteiger partial charge in [-0.25, -0.2) is 0 Å². The summed E-state index contributed by atoms with van der Waals surface area (Å²) in [5.41, 5.74) is 1.11. The van der Waals surface area contributed by atoms with Gasteiger partial charge in [0.15, 0.2) is 11.5 Å². The van der Waals surface area contributed by atoms with Gasteiger partial charge in [0.05, 0.1) is 14.2 Å². The molecule has 1 aromatic rings. The van der Waals surface area contributed by atoms with E-state index in [1.807, 2.05) is 12.1 Å². The number of rotatable bonds is 4. The maximum absolute atomic E-state index is 5.35. The fraction of sp³-hybridized carbons (Fsp3) is 0.625. The van der Waals surface area contributed by atoms with Gasteiger partial charge in [-0.2, -0.15) is 0 Å². The first kappa shape index (κ1) is 14.0. The predicted molar refractivity (Wildman–Crippen MR) is 79.1 cm³/mol. The van der Waals surface area contributed by atoms with Gasteiger partial charge < -0.3 is 14.8 Å². The van der Waals surface area contributed by atoms with Gasteiger partial charge in [0.1, 0.15) is 0 Å². The Morgan fingerprint density at radius 2 is 1.79 bits per heavy atom. The minimum atomic E-state index is 0.557. The molecule has 1 saturated carbocycles.